The number of nitrogens with zero attached hydrogens (tertiary/aromatic N) is 1. The first-order valence-electron chi connectivity index (χ1n) is 13.4. The second kappa shape index (κ2) is 15.7. The van der Waals surface area contributed by atoms with E-state index in [1.54, 1.807) is 24.3 Å². The average molecular weight is 561 g/mol. The van der Waals surface area contributed by atoms with Crippen molar-refractivity contribution in [2.75, 3.05) is 37.4 Å². The van der Waals surface area contributed by atoms with E-state index in [4.69, 9.17) is 9.84 Å². The monoisotopic (exact) mass is 560 g/mol. The molecule has 4 N–H and O–H groups in total. The minimum atomic E-state index is -0.991. The van der Waals surface area contributed by atoms with Crippen molar-refractivity contribution in [1.82, 2.24) is 10.2 Å². The van der Waals surface area contributed by atoms with E-state index < -0.39 is 12.0 Å². The summed E-state index contributed by atoms with van der Waals surface area (Å²) in [5.74, 6) is -1.33. The molecule has 0 heterocycles. The van der Waals surface area contributed by atoms with E-state index in [0.717, 1.165) is 17.5 Å². The Hall–Kier alpha value is -4.86. The van der Waals surface area contributed by atoms with Gasteiger partial charge in [-0.2, -0.15) is 0 Å². The van der Waals surface area contributed by atoms with Gasteiger partial charge in [-0.3, -0.25) is 14.4 Å². The lowest BCUT2D eigenvalue weighted by atomic mass is 10.1. The third kappa shape index (κ3) is 10.3. The molecule has 0 fully saturated rings. The van der Waals surface area contributed by atoms with Gasteiger partial charge < -0.3 is 30.7 Å². The molecule has 10 nitrogen and oxygen atoms in total. The largest absolute Gasteiger partial charge is 0.495 e. The van der Waals surface area contributed by atoms with E-state index in [2.05, 4.69) is 16.0 Å². The molecular weight excluding hydrogens is 524 g/mol. The molecule has 0 aliphatic heterocycles. The number of rotatable bonds is 14. The Balaban J connectivity index is 1.52. The fourth-order valence-corrected chi connectivity index (χ4v) is 4.18. The number of nitrogens with one attached hydrogen (secondary N) is 3. The predicted octanol–water partition coefficient (Wildman–Crippen LogP) is 4.24. The zero-order valence-electron chi connectivity index (χ0n) is 23.3. The van der Waals surface area contributed by atoms with E-state index in [1.807, 2.05) is 55.5 Å². The summed E-state index contributed by atoms with van der Waals surface area (Å²) < 4.78 is 5.40. The molecule has 3 aromatic rings. The van der Waals surface area contributed by atoms with Crippen molar-refractivity contribution >= 4 is 35.2 Å². The van der Waals surface area contributed by atoms with E-state index >= 15 is 0 Å². The number of carboxylic acid groups (broad SMARTS) is 1. The summed E-state index contributed by atoms with van der Waals surface area (Å²) in [5, 5.41) is 17.2. The van der Waals surface area contributed by atoms with Crippen LogP contribution in [0.25, 0.3) is 0 Å². The molecule has 10 heteroatoms. The van der Waals surface area contributed by atoms with Crippen LogP contribution in [0.15, 0.2) is 72.8 Å². The van der Waals surface area contributed by atoms with Gasteiger partial charge in [0.25, 0.3) is 0 Å². The Bertz CT molecular complexity index is 1350. The lowest BCUT2D eigenvalue weighted by Crippen LogP contribution is -2.42. The molecule has 0 aromatic heterocycles. The van der Waals surface area contributed by atoms with Gasteiger partial charge in [0.1, 0.15) is 5.75 Å². The van der Waals surface area contributed by atoms with Crippen molar-refractivity contribution in [2.24, 2.45) is 0 Å². The van der Waals surface area contributed by atoms with Crippen LogP contribution in [-0.4, -0.2) is 60.6 Å². The summed E-state index contributed by atoms with van der Waals surface area (Å²) in [6.07, 6.45) is 1.24. The number of aliphatic carboxylic acids is 1. The fraction of sp³-hybridized carbons (Fsp3) is 0.290. The molecule has 3 aromatic carbocycles. The van der Waals surface area contributed by atoms with Crippen LogP contribution in [-0.2, 0) is 27.2 Å². The number of aryl methyl sites for hydroxylation is 2. The van der Waals surface area contributed by atoms with Crippen LogP contribution in [0, 0.1) is 6.92 Å². The summed E-state index contributed by atoms with van der Waals surface area (Å²) in [7, 11) is 1.46. The van der Waals surface area contributed by atoms with E-state index in [9.17, 15) is 19.2 Å². The van der Waals surface area contributed by atoms with E-state index in [1.165, 1.54) is 12.0 Å². The number of para-hydroxylation sites is 1. The zero-order chi connectivity index (χ0) is 29.6. The molecule has 0 aliphatic rings. The molecule has 0 saturated heterocycles. The smallest absolute Gasteiger partial charge is 0.323 e. The maximum atomic E-state index is 12.8. The highest BCUT2D eigenvalue weighted by molar-refractivity contribution is 6.01. The van der Waals surface area contributed by atoms with Crippen LogP contribution in [0.2, 0.25) is 0 Å². The first kappa shape index (κ1) is 30.7. The summed E-state index contributed by atoms with van der Waals surface area (Å²) in [6.45, 7) is 2.12. The van der Waals surface area contributed by atoms with Gasteiger partial charge in [0, 0.05) is 18.8 Å². The zero-order valence-corrected chi connectivity index (χ0v) is 23.3. The molecule has 216 valence electrons. The van der Waals surface area contributed by atoms with Crippen LogP contribution < -0.4 is 20.7 Å². The first-order chi connectivity index (χ1) is 19.7. The van der Waals surface area contributed by atoms with Gasteiger partial charge in [-0.15, -0.1) is 0 Å². The molecular formula is C31H36N4O6. The number of hydrogen-bond donors (Lipinski definition) is 4. The standard InChI is InChI=1S/C31H36N4O6/c1-22-9-6-7-13-25(22)33-31(40)34-26-15-14-24(19-27(26)41-2)20-28(36)32-21-29(37)35(18-16-30(38)39)17-8-12-23-10-4-3-5-11-23/h3-7,9-11,13-15,19H,8,12,16-18,20-21H2,1-2H3,(H,32,36)(H,38,39)(H2,33,34,40). The quantitative estimate of drug-likeness (QED) is 0.233. The molecule has 0 bridgehead atoms. The Morgan fingerprint density at radius 3 is 2.27 bits per heavy atom. The Morgan fingerprint density at radius 2 is 1.56 bits per heavy atom. The second-order valence-electron chi connectivity index (χ2n) is 9.50. The Kier molecular flexibility index (Phi) is 11.7. The van der Waals surface area contributed by atoms with Crippen molar-refractivity contribution in [3.8, 4) is 5.75 Å². The summed E-state index contributed by atoms with van der Waals surface area (Å²) in [6, 6.07) is 21.8. The molecule has 0 atom stereocenters. The highest BCUT2D eigenvalue weighted by atomic mass is 16.5. The third-order valence-corrected chi connectivity index (χ3v) is 6.39. The summed E-state index contributed by atoms with van der Waals surface area (Å²) >= 11 is 0. The van der Waals surface area contributed by atoms with Crippen LogP contribution in [0.1, 0.15) is 29.5 Å². The molecule has 0 spiro atoms. The number of benzene rings is 3. The second-order valence-corrected chi connectivity index (χ2v) is 9.50. The van der Waals surface area contributed by atoms with Crippen LogP contribution in [0.3, 0.4) is 0 Å². The van der Waals surface area contributed by atoms with Crippen molar-refractivity contribution in [3.05, 3.63) is 89.5 Å². The van der Waals surface area contributed by atoms with Crippen LogP contribution in [0.4, 0.5) is 16.2 Å². The van der Waals surface area contributed by atoms with Gasteiger partial charge in [-0.1, -0.05) is 54.6 Å². The molecule has 0 saturated carbocycles. The molecule has 4 amide bonds. The highest BCUT2D eigenvalue weighted by Gasteiger charge is 2.17. The van der Waals surface area contributed by atoms with Crippen LogP contribution in [0.5, 0.6) is 5.75 Å². The predicted molar refractivity (Wildman–Crippen MR) is 157 cm³/mol. The van der Waals surface area contributed by atoms with Gasteiger partial charge in [0.05, 0.1) is 32.2 Å². The number of anilines is 2. The van der Waals surface area contributed by atoms with Crippen molar-refractivity contribution < 1.29 is 29.0 Å². The van der Waals surface area contributed by atoms with E-state index in [0.29, 0.717) is 35.7 Å². The first-order valence-corrected chi connectivity index (χ1v) is 13.4. The summed E-state index contributed by atoms with van der Waals surface area (Å²) in [5.41, 5.74) is 3.80. The van der Waals surface area contributed by atoms with Gasteiger partial charge in [-0.05, 0) is 54.7 Å². The number of carbonyl (C=O) groups is 4. The van der Waals surface area contributed by atoms with Crippen molar-refractivity contribution in [1.29, 1.82) is 0 Å². The van der Waals surface area contributed by atoms with Crippen molar-refractivity contribution in [2.45, 2.75) is 32.6 Å². The normalized spacial score (nSPS) is 10.4. The molecule has 3 rings (SSSR count). The number of ether oxygens (including phenoxy) is 1. The third-order valence-electron chi connectivity index (χ3n) is 6.39. The number of methoxy groups -OCH3 is 1. The van der Waals surface area contributed by atoms with Gasteiger partial charge in [0.2, 0.25) is 11.8 Å². The number of carbonyl (C=O) groups excluding carboxylic acids is 3. The minimum Gasteiger partial charge on any atom is -0.495 e. The van der Waals surface area contributed by atoms with Crippen molar-refractivity contribution in [3.63, 3.8) is 0 Å². The SMILES string of the molecule is COc1cc(CC(=O)NCC(=O)N(CCCc2ccccc2)CCC(=O)O)ccc1NC(=O)Nc1ccccc1C. The van der Waals surface area contributed by atoms with E-state index in [-0.39, 0.29) is 37.7 Å². The highest BCUT2D eigenvalue weighted by Crippen LogP contribution is 2.26. The maximum Gasteiger partial charge on any atom is 0.323 e. The lowest BCUT2D eigenvalue weighted by molar-refractivity contribution is -0.139. The Labute approximate surface area is 239 Å². The Morgan fingerprint density at radius 1 is 0.854 bits per heavy atom. The number of carboxylic acids is 1. The topological polar surface area (TPSA) is 137 Å². The van der Waals surface area contributed by atoms with Crippen LogP contribution >= 0.6 is 0 Å². The number of hydrogen-bond acceptors (Lipinski definition) is 5. The molecule has 0 aliphatic carbocycles. The summed E-state index contributed by atoms with van der Waals surface area (Å²) in [4.78, 5) is 50.4. The minimum absolute atomic E-state index is 0.0114. The lowest BCUT2D eigenvalue weighted by Gasteiger charge is -2.22. The van der Waals surface area contributed by atoms with Gasteiger partial charge in [-0.25, -0.2) is 4.79 Å². The maximum absolute atomic E-state index is 12.8. The molecule has 0 unspecified atom stereocenters. The number of amides is 4. The molecule has 0 radical (unpaired) electrons. The fourth-order valence-electron chi connectivity index (χ4n) is 4.18. The average Bonchev–Trinajstić information content (AvgIpc) is 2.96. The van der Waals surface area contributed by atoms with Gasteiger partial charge >= 0.3 is 12.0 Å². The number of urea groups is 1. The van der Waals surface area contributed by atoms with Gasteiger partial charge in [0.15, 0.2) is 0 Å². The molecule has 41 heavy (non-hydrogen) atoms.